The minimum atomic E-state index is -2.90. The number of amides is 3. The largest absolute Gasteiger partial charge is 0.444 e. The molecule has 198 valence electrons. The van der Waals surface area contributed by atoms with Crippen molar-refractivity contribution in [2.45, 2.75) is 74.4 Å². The summed E-state index contributed by atoms with van der Waals surface area (Å²) in [5.41, 5.74) is 0.621. The van der Waals surface area contributed by atoms with E-state index in [1.54, 1.807) is 57.2 Å². The summed E-state index contributed by atoms with van der Waals surface area (Å²) in [6.07, 6.45) is -1.11. The van der Waals surface area contributed by atoms with Crippen LogP contribution in [0.3, 0.4) is 0 Å². The second-order valence-corrected chi connectivity index (χ2v) is 12.0. The van der Waals surface area contributed by atoms with E-state index < -0.39 is 47.9 Å². The van der Waals surface area contributed by atoms with E-state index in [2.05, 4.69) is 10.6 Å². The second kappa shape index (κ2) is 10.1. The number of alkyl carbamates (subject to hydrolysis) is 1. The Morgan fingerprint density at radius 1 is 1.16 bits per heavy atom. The number of ether oxygens (including phenoxy) is 1. The van der Waals surface area contributed by atoms with E-state index in [1.165, 1.54) is 22.7 Å². The lowest BCUT2D eigenvalue weighted by atomic mass is 10.1. The van der Waals surface area contributed by atoms with Crippen molar-refractivity contribution in [3.63, 3.8) is 0 Å². The summed E-state index contributed by atoms with van der Waals surface area (Å²) in [5, 5.41) is 5.20. The van der Waals surface area contributed by atoms with Gasteiger partial charge in [0, 0.05) is 27.2 Å². The zero-order chi connectivity index (χ0) is 27.1. The smallest absolute Gasteiger partial charge is 0.408 e. The number of rotatable bonds is 5. The van der Waals surface area contributed by atoms with Gasteiger partial charge in [0.1, 0.15) is 11.6 Å². The first-order valence-electron chi connectivity index (χ1n) is 11.8. The Bertz CT molecular complexity index is 1220. The van der Waals surface area contributed by atoms with Crippen LogP contribution in [0.1, 0.15) is 50.0 Å². The molecule has 1 aliphatic carbocycles. The van der Waals surface area contributed by atoms with Crippen molar-refractivity contribution < 1.29 is 27.9 Å². The Kier molecular flexibility index (Phi) is 7.45. The molecule has 2 aromatic carbocycles. The number of hydrogen-bond acceptors (Lipinski definition) is 5. The molecule has 1 unspecified atom stereocenters. The zero-order valence-corrected chi connectivity index (χ0v) is 22.4. The number of hydrogen-bond donors (Lipinski definition) is 2. The van der Waals surface area contributed by atoms with Gasteiger partial charge in [0.25, 0.3) is 17.7 Å². The average Bonchev–Trinajstić information content (AvgIpc) is 3.42. The predicted octanol–water partition coefficient (Wildman–Crippen LogP) is 5.40. The number of carbonyl (C=O) groups is 3. The molecule has 1 fully saturated rings. The van der Waals surface area contributed by atoms with Crippen LogP contribution in [0.15, 0.2) is 47.4 Å². The SMILES string of the molecule is C[C@H]1Sc2ccc(C(=O)NC3CC3(F)F)cc2N(Cc2ccc(Cl)cc2)C(=O)[C@H]1NC(=O)OC(C)(C)C. The number of thioether (sulfide) groups is 1. The maximum absolute atomic E-state index is 13.9. The Morgan fingerprint density at radius 2 is 1.81 bits per heavy atom. The van der Waals surface area contributed by atoms with Gasteiger partial charge in [-0.25, -0.2) is 13.6 Å². The molecule has 3 atom stereocenters. The highest BCUT2D eigenvalue weighted by molar-refractivity contribution is 8.00. The lowest BCUT2D eigenvalue weighted by Gasteiger charge is -2.28. The molecular weight excluding hydrogens is 524 g/mol. The van der Waals surface area contributed by atoms with Crippen LogP contribution in [0.5, 0.6) is 0 Å². The number of halogens is 3. The van der Waals surface area contributed by atoms with Gasteiger partial charge in [-0.15, -0.1) is 11.8 Å². The fourth-order valence-electron chi connectivity index (χ4n) is 3.89. The van der Waals surface area contributed by atoms with Crippen LogP contribution >= 0.6 is 23.4 Å². The fraction of sp³-hybridized carbons (Fsp3) is 0.423. The van der Waals surface area contributed by atoms with Gasteiger partial charge in [0.2, 0.25) is 0 Å². The number of benzene rings is 2. The topological polar surface area (TPSA) is 87.7 Å². The molecule has 0 aromatic heterocycles. The Hall–Kier alpha value is -2.85. The number of carbonyl (C=O) groups excluding carboxylic acids is 3. The van der Waals surface area contributed by atoms with Gasteiger partial charge in [-0.05, 0) is 56.7 Å². The minimum absolute atomic E-state index is 0.133. The minimum Gasteiger partial charge on any atom is -0.444 e. The highest BCUT2D eigenvalue weighted by Crippen LogP contribution is 2.42. The molecule has 0 saturated heterocycles. The molecule has 2 aromatic rings. The van der Waals surface area contributed by atoms with Crippen molar-refractivity contribution in [1.29, 1.82) is 0 Å². The monoisotopic (exact) mass is 551 g/mol. The quantitative estimate of drug-likeness (QED) is 0.520. The summed E-state index contributed by atoms with van der Waals surface area (Å²) in [6, 6.07) is 9.59. The van der Waals surface area contributed by atoms with E-state index in [4.69, 9.17) is 16.3 Å². The average molecular weight is 552 g/mol. The van der Waals surface area contributed by atoms with Gasteiger partial charge >= 0.3 is 6.09 Å². The third-order valence-corrected chi connectivity index (χ3v) is 7.38. The molecule has 2 N–H and O–H groups in total. The predicted molar refractivity (Wildman–Crippen MR) is 138 cm³/mol. The normalized spacial score (nSPS) is 22.5. The van der Waals surface area contributed by atoms with Crippen molar-refractivity contribution in [2.75, 3.05) is 4.90 Å². The molecule has 0 bridgehead atoms. The van der Waals surface area contributed by atoms with Crippen LogP contribution in [-0.2, 0) is 16.1 Å². The third kappa shape index (κ3) is 6.54. The summed E-state index contributed by atoms with van der Waals surface area (Å²) in [7, 11) is 0. The first-order chi connectivity index (χ1) is 17.2. The maximum Gasteiger partial charge on any atom is 0.408 e. The molecule has 1 heterocycles. The number of anilines is 1. The van der Waals surface area contributed by atoms with Crippen LogP contribution < -0.4 is 15.5 Å². The zero-order valence-electron chi connectivity index (χ0n) is 20.8. The molecular formula is C26H28ClF2N3O4S. The summed E-state index contributed by atoms with van der Waals surface area (Å²) >= 11 is 7.38. The molecule has 0 spiro atoms. The van der Waals surface area contributed by atoms with E-state index in [9.17, 15) is 23.2 Å². The van der Waals surface area contributed by atoms with E-state index in [0.717, 1.165) is 5.56 Å². The van der Waals surface area contributed by atoms with Gasteiger partial charge < -0.3 is 20.3 Å². The highest BCUT2D eigenvalue weighted by atomic mass is 35.5. The molecule has 4 rings (SSSR count). The van der Waals surface area contributed by atoms with Gasteiger partial charge in [-0.3, -0.25) is 9.59 Å². The summed E-state index contributed by atoms with van der Waals surface area (Å²) in [6.45, 7) is 7.13. The van der Waals surface area contributed by atoms with Crippen molar-refractivity contribution in [1.82, 2.24) is 10.6 Å². The first kappa shape index (κ1) is 27.2. The molecule has 7 nitrogen and oxygen atoms in total. The van der Waals surface area contributed by atoms with Gasteiger partial charge in [-0.2, -0.15) is 0 Å². The molecule has 1 saturated carbocycles. The van der Waals surface area contributed by atoms with Crippen LogP contribution in [0.2, 0.25) is 5.02 Å². The van der Waals surface area contributed by atoms with Crippen LogP contribution in [0.25, 0.3) is 0 Å². The van der Waals surface area contributed by atoms with E-state index in [0.29, 0.717) is 15.6 Å². The molecule has 2 aliphatic rings. The van der Waals surface area contributed by atoms with Crippen molar-refractivity contribution >= 4 is 47.0 Å². The van der Waals surface area contributed by atoms with Crippen molar-refractivity contribution in [2.24, 2.45) is 0 Å². The highest BCUT2D eigenvalue weighted by Gasteiger charge is 2.58. The Balaban J connectivity index is 1.67. The third-order valence-electron chi connectivity index (χ3n) is 5.88. The van der Waals surface area contributed by atoms with Crippen LogP contribution in [0, 0.1) is 0 Å². The van der Waals surface area contributed by atoms with E-state index >= 15 is 0 Å². The number of nitrogens with one attached hydrogen (secondary N) is 2. The molecule has 3 amide bonds. The Labute approximate surface area is 223 Å². The van der Waals surface area contributed by atoms with E-state index in [1.807, 2.05) is 6.92 Å². The van der Waals surface area contributed by atoms with Crippen LogP contribution in [0.4, 0.5) is 19.3 Å². The van der Waals surface area contributed by atoms with Crippen LogP contribution in [-0.4, -0.2) is 46.8 Å². The lowest BCUT2D eigenvalue weighted by molar-refractivity contribution is -0.120. The van der Waals surface area contributed by atoms with Gasteiger partial charge in [0.05, 0.1) is 18.3 Å². The fourth-order valence-corrected chi connectivity index (χ4v) is 5.17. The summed E-state index contributed by atoms with van der Waals surface area (Å²) in [4.78, 5) is 41.3. The maximum atomic E-state index is 13.9. The summed E-state index contributed by atoms with van der Waals surface area (Å²) < 4.78 is 32.1. The second-order valence-electron chi connectivity index (χ2n) is 10.2. The number of fused-ring (bicyclic) bond motifs is 1. The first-order valence-corrected chi connectivity index (χ1v) is 13.0. The Morgan fingerprint density at radius 3 is 2.41 bits per heavy atom. The number of nitrogens with zero attached hydrogens (tertiary/aromatic N) is 1. The molecule has 0 radical (unpaired) electrons. The molecule has 37 heavy (non-hydrogen) atoms. The lowest BCUT2D eigenvalue weighted by Crippen LogP contribution is -2.52. The standard InChI is InChI=1S/C26H28ClF2N3O4S/c1-14-21(31-24(35)36-25(2,3)4)23(34)32(13-15-5-8-17(27)9-6-15)18-11-16(7-10-19(18)37-14)22(33)30-20-12-26(20,28)29/h5-11,14,20-21H,12-13H2,1-4H3,(H,30,33)(H,31,35)/t14-,20?,21+/m1/s1. The van der Waals surface area contributed by atoms with Gasteiger partial charge in [0.15, 0.2) is 0 Å². The number of alkyl halides is 2. The van der Waals surface area contributed by atoms with Crippen molar-refractivity contribution in [3.8, 4) is 0 Å². The van der Waals surface area contributed by atoms with Crippen molar-refractivity contribution in [3.05, 3.63) is 58.6 Å². The van der Waals surface area contributed by atoms with Gasteiger partial charge in [-0.1, -0.05) is 30.7 Å². The molecule has 11 heteroatoms. The van der Waals surface area contributed by atoms with E-state index in [-0.39, 0.29) is 17.4 Å². The molecule has 1 aliphatic heterocycles. The summed E-state index contributed by atoms with van der Waals surface area (Å²) in [5.74, 6) is -3.94.